The summed E-state index contributed by atoms with van der Waals surface area (Å²) < 4.78 is 0. The first-order valence-electron chi connectivity index (χ1n) is 5.74. The van der Waals surface area contributed by atoms with E-state index in [-0.39, 0.29) is 10.7 Å². The Hall–Kier alpha value is -0.0900. The second-order valence-electron chi connectivity index (χ2n) is 4.79. The van der Waals surface area contributed by atoms with Crippen molar-refractivity contribution in [3.63, 3.8) is 0 Å². The minimum absolute atomic E-state index is 0.0657. The van der Waals surface area contributed by atoms with Gasteiger partial charge >= 0.3 is 0 Å². The van der Waals surface area contributed by atoms with Crippen molar-refractivity contribution in [2.45, 2.75) is 43.1 Å². The molecular formula is C11H19BrN2O. The molecule has 2 aliphatic rings. The van der Waals surface area contributed by atoms with Crippen molar-refractivity contribution in [2.75, 3.05) is 20.1 Å². The van der Waals surface area contributed by atoms with E-state index in [1.165, 1.54) is 12.8 Å². The lowest BCUT2D eigenvalue weighted by molar-refractivity contribution is -0.127. The Kier molecular flexibility index (Phi) is 3.36. The van der Waals surface area contributed by atoms with Gasteiger partial charge in [-0.1, -0.05) is 15.9 Å². The maximum atomic E-state index is 11.7. The van der Waals surface area contributed by atoms with Crippen LogP contribution in [-0.2, 0) is 4.79 Å². The molecule has 1 amide bonds. The minimum Gasteiger partial charge on any atom is -0.340 e. The summed E-state index contributed by atoms with van der Waals surface area (Å²) in [4.78, 5) is 16.2. The zero-order valence-corrected chi connectivity index (χ0v) is 11.0. The molecule has 3 nitrogen and oxygen atoms in total. The summed E-state index contributed by atoms with van der Waals surface area (Å²) in [6.07, 6.45) is 3.62. The summed E-state index contributed by atoms with van der Waals surface area (Å²) in [6.45, 7) is 4.01. The lowest BCUT2D eigenvalue weighted by Gasteiger charge is -2.28. The molecule has 0 spiro atoms. The largest absolute Gasteiger partial charge is 0.340 e. The van der Waals surface area contributed by atoms with Gasteiger partial charge < -0.3 is 4.90 Å². The van der Waals surface area contributed by atoms with Gasteiger partial charge in [-0.05, 0) is 33.2 Å². The van der Waals surface area contributed by atoms with Gasteiger partial charge in [0.05, 0.1) is 4.83 Å². The molecule has 2 atom stereocenters. The van der Waals surface area contributed by atoms with E-state index in [1.54, 1.807) is 0 Å². The maximum Gasteiger partial charge on any atom is 0.236 e. The highest BCUT2D eigenvalue weighted by Crippen LogP contribution is 2.27. The van der Waals surface area contributed by atoms with Crippen molar-refractivity contribution in [2.24, 2.45) is 0 Å². The van der Waals surface area contributed by atoms with Gasteiger partial charge in [0.15, 0.2) is 0 Å². The van der Waals surface area contributed by atoms with Gasteiger partial charge in [0.1, 0.15) is 0 Å². The fourth-order valence-corrected chi connectivity index (χ4v) is 2.67. The first kappa shape index (κ1) is 11.4. The lowest BCUT2D eigenvalue weighted by atomic mass is 10.2. The summed E-state index contributed by atoms with van der Waals surface area (Å²) in [6, 6.07) is 1.26. The first-order chi connectivity index (χ1) is 7.09. The Bertz CT molecular complexity index is 255. The van der Waals surface area contributed by atoms with Crippen LogP contribution in [0.1, 0.15) is 26.2 Å². The van der Waals surface area contributed by atoms with Crippen LogP contribution in [0.3, 0.4) is 0 Å². The van der Waals surface area contributed by atoms with Gasteiger partial charge in [-0.3, -0.25) is 9.69 Å². The third-order valence-corrected chi connectivity index (χ3v) is 4.38. The normalized spacial score (nSPS) is 28.9. The Morgan fingerprint density at radius 2 is 2.20 bits per heavy atom. The smallest absolute Gasteiger partial charge is 0.236 e. The summed E-state index contributed by atoms with van der Waals surface area (Å²) in [5, 5.41) is 0. The predicted octanol–water partition coefficient (Wildman–Crippen LogP) is 1.46. The Morgan fingerprint density at radius 3 is 2.67 bits per heavy atom. The third-order valence-electron chi connectivity index (χ3n) is 3.53. The summed E-state index contributed by atoms with van der Waals surface area (Å²) >= 11 is 3.41. The number of hydrogen-bond donors (Lipinski definition) is 0. The highest BCUT2D eigenvalue weighted by Gasteiger charge is 2.34. The van der Waals surface area contributed by atoms with Crippen molar-refractivity contribution >= 4 is 21.8 Å². The number of alkyl halides is 1. The predicted molar refractivity (Wildman–Crippen MR) is 64.2 cm³/mol. The average Bonchev–Trinajstić information content (AvgIpc) is 3.00. The molecule has 2 unspecified atom stereocenters. The van der Waals surface area contributed by atoms with E-state index in [0.29, 0.717) is 6.04 Å². The quantitative estimate of drug-likeness (QED) is 0.725. The summed E-state index contributed by atoms with van der Waals surface area (Å²) in [7, 11) is 2.18. The number of likely N-dealkylation sites (N-methyl/N-ethyl adjacent to an activating group) is 1. The van der Waals surface area contributed by atoms with Crippen LogP contribution in [0.2, 0.25) is 0 Å². The maximum absolute atomic E-state index is 11.7. The molecule has 0 aromatic heterocycles. The average molecular weight is 275 g/mol. The number of carbonyl (C=O) groups excluding carboxylic acids is 1. The molecular weight excluding hydrogens is 256 g/mol. The van der Waals surface area contributed by atoms with E-state index in [4.69, 9.17) is 0 Å². The molecule has 2 fully saturated rings. The Balaban J connectivity index is 1.83. The second-order valence-corrected chi connectivity index (χ2v) is 5.89. The highest BCUT2D eigenvalue weighted by atomic mass is 79.9. The van der Waals surface area contributed by atoms with Gasteiger partial charge in [-0.15, -0.1) is 0 Å². The second kappa shape index (κ2) is 4.42. The van der Waals surface area contributed by atoms with Gasteiger partial charge in [0.2, 0.25) is 5.91 Å². The van der Waals surface area contributed by atoms with E-state index >= 15 is 0 Å². The molecule has 1 aliphatic heterocycles. The molecule has 0 bridgehead atoms. The summed E-state index contributed by atoms with van der Waals surface area (Å²) in [5.41, 5.74) is 0. The van der Waals surface area contributed by atoms with E-state index in [0.717, 1.165) is 25.6 Å². The molecule has 1 saturated carbocycles. The fraction of sp³-hybridized carbons (Fsp3) is 0.909. The van der Waals surface area contributed by atoms with Gasteiger partial charge in [0, 0.05) is 25.2 Å². The minimum atomic E-state index is 0.0657. The number of carbonyl (C=O) groups is 1. The molecule has 2 rings (SSSR count). The van der Waals surface area contributed by atoms with Gasteiger partial charge in [0.25, 0.3) is 0 Å². The lowest BCUT2D eigenvalue weighted by Crippen LogP contribution is -2.42. The Morgan fingerprint density at radius 1 is 1.53 bits per heavy atom. The summed E-state index contributed by atoms with van der Waals surface area (Å²) in [5.74, 6) is 0.269. The van der Waals surface area contributed by atoms with E-state index in [2.05, 4.69) is 34.8 Å². The molecule has 15 heavy (non-hydrogen) atoms. The Labute approximate surface area is 99.9 Å². The molecule has 0 N–H and O–H groups in total. The van der Waals surface area contributed by atoms with Gasteiger partial charge in [-0.25, -0.2) is 0 Å². The number of nitrogens with zero attached hydrogens (tertiary/aromatic N) is 2. The van der Waals surface area contributed by atoms with Crippen LogP contribution >= 0.6 is 15.9 Å². The van der Waals surface area contributed by atoms with Crippen molar-refractivity contribution in [1.82, 2.24) is 9.80 Å². The molecule has 86 valence electrons. The number of amides is 1. The molecule has 1 aliphatic carbocycles. The molecule has 0 aromatic carbocycles. The van der Waals surface area contributed by atoms with Crippen molar-refractivity contribution < 1.29 is 4.79 Å². The van der Waals surface area contributed by atoms with Crippen LogP contribution in [0.4, 0.5) is 0 Å². The molecule has 0 aromatic rings. The van der Waals surface area contributed by atoms with Crippen LogP contribution < -0.4 is 0 Å². The first-order valence-corrected chi connectivity index (χ1v) is 6.66. The standard InChI is InChI=1S/C11H19BrN2O/c1-8(13(2)9-3-4-9)7-14-6-5-10(12)11(14)15/h8-10H,3-7H2,1-2H3. The van der Waals surface area contributed by atoms with Crippen LogP contribution in [0.5, 0.6) is 0 Å². The van der Waals surface area contributed by atoms with Crippen LogP contribution in [0.25, 0.3) is 0 Å². The number of hydrogen-bond acceptors (Lipinski definition) is 2. The van der Waals surface area contributed by atoms with Crippen LogP contribution in [0, 0.1) is 0 Å². The molecule has 0 radical (unpaired) electrons. The van der Waals surface area contributed by atoms with E-state index in [9.17, 15) is 4.79 Å². The topological polar surface area (TPSA) is 23.6 Å². The number of likely N-dealkylation sites (tertiary alicyclic amines) is 1. The van der Waals surface area contributed by atoms with Crippen molar-refractivity contribution in [3.8, 4) is 0 Å². The van der Waals surface area contributed by atoms with Gasteiger partial charge in [-0.2, -0.15) is 0 Å². The van der Waals surface area contributed by atoms with E-state index in [1.807, 2.05) is 4.90 Å². The zero-order chi connectivity index (χ0) is 11.0. The van der Waals surface area contributed by atoms with Crippen molar-refractivity contribution in [1.29, 1.82) is 0 Å². The third kappa shape index (κ3) is 2.53. The fourth-order valence-electron chi connectivity index (χ4n) is 2.17. The van der Waals surface area contributed by atoms with Crippen LogP contribution in [-0.4, -0.2) is 52.8 Å². The monoisotopic (exact) mass is 274 g/mol. The van der Waals surface area contributed by atoms with Crippen molar-refractivity contribution in [3.05, 3.63) is 0 Å². The van der Waals surface area contributed by atoms with E-state index < -0.39 is 0 Å². The molecule has 4 heteroatoms. The molecule has 1 heterocycles. The SMILES string of the molecule is CC(CN1CCC(Br)C1=O)N(C)C1CC1. The number of halogens is 1. The molecule has 1 saturated heterocycles. The number of rotatable bonds is 4. The zero-order valence-electron chi connectivity index (χ0n) is 9.45. The highest BCUT2D eigenvalue weighted by molar-refractivity contribution is 9.10. The van der Waals surface area contributed by atoms with Crippen LogP contribution in [0.15, 0.2) is 0 Å².